The van der Waals surface area contributed by atoms with Gasteiger partial charge in [-0.25, -0.2) is 9.97 Å². The number of methoxy groups -OCH3 is 1. The van der Waals surface area contributed by atoms with Crippen LogP contribution in [-0.4, -0.2) is 23.1 Å². The number of hydrogen-bond donors (Lipinski definition) is 1. The van der Waals surface area contributed by atoms with Gasteiger partial charge in [-0.3, -0.25) is 0 Å². The van der Waals surface area contributed by atoms with Crippen molar-refractivity contribution in [2.45, 2.75) is 18.9 Å². The second-order valence-electron chi connectivity index (χ2n) is 4.13. The molecular formula is C12H12BrN3O. The van der Waals surface area contributed by atoms with Crippen LogP contribution in [0.15, 0.2) is 22.8 Å². The zero-order chi connectivity index (χ0) is 11.8. The second-order valence-corrected chi connectivity index (χ2v) is 4.93. The molecule has 1 aliphatic rings. The Morgan fingerprint density at radius 3 is 2.94 bits per heavy atom. The van der Waals surface area contributed by atoms with Gasteiger partial charge in [-0.15, -0.1) is 0 Å². The van der Waals surface area contributed by atoms with E-state index in [1.165, 1.54) is 12.8 Å². The molecule has 0 atom stereocenters. The van der Waals surface area contributed by atoms with Gasteiger partial charge in [-0.1, -0.05) is 0 Å². The number of ether oxygens (including phenoxy) is 1. The summed E-state index contributed by atoms with van der Waals surface area (Å²) in [7, 11) is 1.60. The Bertz CT molecular complexity index is 569. The molecule has 88 valence electrons. The number of anilines is 1. The summed E-state index contributed by atoms with van der Waals surface area (Å²) in [6.07, 6.45) is 4.24. The monoisotopic (exact) mass is 293 g/mol. The van der Waals surface area contributed by atoms with Crippen molar-refractivity contribution >= 4 is 32.7 Å². The van der Waals surface area contributed by atoms with Gasteiger partial charge in [0.05, 0.1) is 12.6 Å². The maximum atomic E-state index is 5.17. The van der Waals surface area contributed by atoms with Gasteiger partial charge in [0.1, 0.15) is 10.3 Å². The van der Waals surface area contributed by atoms with Crippen molar-refractivity contribution in [2.24, 2.45) is 0 Å². The lowest BCUT2D eigenvalue weighted by molar-refractivity contribution is 0.396. The molecule has 2 aromatic heterocycles. The van der Waals surface area contributed by atoms with Crippen LogP contribution in [0.2, 0.25) is 0 Å². The van der Waals surface area contributed by atoms with Gasteiger partial charge in [0.25, 0.3) is 0 Å². The van der Waals surface area contributed by atoms with Gasteiger partial charge >= 0.3 is 0 Å². The second kappa shape index (κ2) is 4.14. The summed E-state index contributed by atoms with van der Waals surface area (Å²) in [5, 5.41) is 4.38. The van der Waals surface area contributed by atoms with Gasteiger partial charge in [-0.2, -0.15) is 0 Å². The van der Waals surface area contributed by atoms with E-state index >= 15 is 0 Å². The molecule has 0 aromatic carbocycles. The number of halogens is 1. The smallest absolute Gasteiger partial charge is 0.229 e. The summed E-state index contributed by atoms with van der Waals surface area (Å²) >= 11 is 3.48. The third-order valence-corrected chi connectivity index (χ3v) is 3.48. The molecule has 4 nitrogen and oxygen atoms in total. The van der Waals surface area contributed by atoms with E-state index in [-0.39, 0.29) is 0 Å². The average molecular weight is 294 g/mol. The van der Waals surface area contributed by atoms with E-state index < -0.39 is 0 Å². The van der Waals surface area contributed by atoms with E-state index in [9.17, 15) is 0 Å². The van der Waals surface area contributed by atoms with E-state index in [1.54, 1.807) is 13.3 Å². The predicted molar refractivity (Wildman–Crippen MR) is 70.4 cm³/mol. The summed E-state index contributed by atoms with van der Waals surface area (Å²) in [5.74, 6) is 1.47. The molecule has 2 heterocycles. The number of rotatable bonds is 3. The van der Waals surface area contributed by atoms with Gasteiger partial charge in [0.2, 0.25) is 5.88 Å². The molecule has 3 rings (SSSR count). The van der Waals surface area contributed by atoms with E-state index in [4.69, 9.17) is 4.74 Å². The molecule has 0 unspecified atom stereocenters. The lowest BCUT2D eigenvalue weighted by Crippen LogP contribution is -2.03. The molecule has 1 fully saturated rings. The van der Waals surface area contributed by atoms with Crippen LogP contribution in [0.5, 0.6) is 5.88 Å². The molecule has 1 N–H and O–H groups in total. The highest BCUT2D eigenvalue weighted by Gasteiger charge is 2.21. The third-order valence-electron chi connectivity index (χ3n) is 2.77. The maximum absolute atomic E-state index is 5.17. The number of fused-ring (bicyclic) bond motifs is 1. The van der Waals surface area contributed by atoms with Crippen molar-refractivity contribution in [2.75, 3.05) is 12.4 Å². The Morgan fingerprint density at radius 2 is 2.24 bits per heavy atom. The van der Waals surface area contributed by atoms with Crippen molar-refractivity contribution in [3.05, 3.63) is 22.8 Å². The number of aromatic nitrogens is 2. The molecule has 0 radical (unpaired) electrons. The van der Waals surface area contributed by atoms with Crippen LogP contribution < -0.4 is 10.1 Å². The molecular weight excluding hydrogens is 282 g/mol. The van der Waals surface area contributed by atoms with Crippen molar-refractivity contribution in [1.82, 2.24) is 9.97 Å². The lowest BCUT2D eigenvalue weighted by Gasteiger charge is -2.08. The number of nitrogens with one attached hydrogen (secondary N) is 1. The van der Waals surface area contributed by atoms with E-state index in [0.717, 1.165) is 21.2 Å². The molecule has 2 aromatic rings. The summed E-state index contributed by atoms with van der Waals surface area (Å²) < 4.78 is 5.97. The summed E-state index contributed by atoms with van der Waals surface area (Å²) in [6, 6.07) is 4.60. The Labute approximate surface area is 108 Å². The molecule has 1 saturated carbocycles. The van der Waals surface area contributed by atoms with E-state index in [0.29, 0.717) is 11.9 Å². The highest BCUT2D eigenvalue weighted by molar-refractivity contribution is 9.10. The van der Waals surface area contributed by atoms with Crippen LogP contribution >= 0.6 is 15.9 Å². The van der Waals surface area contributed by atoms with Crippen molar-refractivity contribution in [3.8, 4) is 5.88 Å². The molecule has 0 amide bonds. The SMILES string of the molecule is COc1ncc2ccc(NC3CC3)nc2c1Br. The summed E-state index contributed by atoms with van der Waals surface area (Å²) in [4.78, 5) is 8.78. The molecule has 17 heavy (non-hydrogen) atoms. The third kappa shape index (κ3) is 2.07. The number of pyridine rings is 2. The summed E-state index contributed by atoms with van der Waals surface area (Å²) in [5.41, 5.74) is 0.877. The van der Waals surface area contributed by atoms with Gasteiger partial charge in [0.15, 0.2) is 0 Å². The maximum Gasteiger partial charge on any atom is 0.229 e. The fourth-order valence-corrected chi connectivity index (χ4v) is 2.28. The largest absolute Gasteiger partial charge is 0.480 e. The van der Waals surface area contributed by atoms with Crippen molar-refractivity contribution < 1.29 is 4.74 Å². The standard InChI is InChI=1S/C12H12BrN3O/c1-17-12-10(13)11-7(6-14-12)2-5-9(16-11)15-8-3-4-8/h2,5-6,8H,3-4H2,1H3,(H,15,16). The Morgan fingerprint density at radius 1 is 1.41 bits per heavy atom. The minimum absolute atomic E-state index is 0.563. The average Bonchev–Trinajstić information content (AvgIpc) is 3.14. The van der Waals surface area contributed by atoms with Crippen LogP contribution in [0.4, 0.5) is 5.82 Å². The van der Waals surface area contributed by atoms with E-state index in [1.807, 2.05) is 12.1 Å². The molecule has 0 bridgehead atoms. The normalized spacial score (nSPS) is 14.9. The van der Waals surface area contributed by atoms with Gasteiger partial charge in [-0.05, 0) is 40.9 Å². The number of nitrogens with zero attached hydrogens (tertiary/aromatic N) is 2. The quantitative estimate of drug-likeness (QED) is 0.945. The number of hydrogen-bond acceptors (Lipinski definition) is 4. The fourth-order valence-electron chi connectivity index (χ4n) is 1.70. The lowest BCUT2D eigenvalue weighted by atomic mass is 10.2. The Balaban J connectivity index is 2.08. The molecule has 1 aliphatic carbocycles. The minimum Gasteiger partial charge on any atom is -0.480 e. The van der Waals surface area contributed by atoms with Crippen LogP contribution in [0.3, 0.4) is 0 Å². The zero-order valence-electron chi connectivity index (χ0n) is 9.40. The molecule has 0 saturated heterocycles. The fraction of sp³-hybridized carbons (Fsp3) is 0.333. The van der Waals surface area contributed by atoms with Crippen LogP contribution in [0.25, 0.3) is 10.9 Å². The first-order valence-corrected chi connectivity index (χ1v) is 6.33. The summed E-state index contributed by atoms with van der Waals surface area (Å²) in [6.45, 7) is 0. The molecule has 5 heteroatoms. The van der Waals surface area contributed by atoms with Crippen molar-refractivity contribution in [3.63, 3.8) is 0 Å². The van der Waals surface area contributed by atoms with Crippen LogP contribution in [0, 0.1) is 0 Å². The molecule has 0 aliphatic heterocycles. The highest BCUT2D eigenvalue weighted by atomic mass is 79.9. The van der Waals surface area contributed by atoms with E-state index in [2.05, 4.69) is 31.2 Å². The first-order chi connectivity index (χ1) is 8.28. The first-order valence-electron chi connectivity index (χ1n) is 5.53. The van der Waals surface area contributed by atoms with Gasteiger partial charge in [0, 0.05) is 17.6 Å². The topological polar surface area (TPSA) is 47.0 Å². The van der Waals surface area contributed by atoms with Crippen molar-refractivity contribution in [1.29, 1.82) is 0 Å². The van der Waals surface area contributed by atoms with Gasteiger partial charge < -0.3 is 10.1 Å². The van der Waals surface area contributed by atoms with Crippen LogP contribution in [-0.2, 0) is 0 Å². The highest BCUT2D eigenvalue weighted by Crippen LogP contribution is 2.31. The zero-order valence-corrected chi connectivity index (χ0v) is 11.0. The Kier molecular flexibility index (Phi) is 2.63. The first kappa shape index (κ1) is 10.8. The minimum atomic E-state index is 0.563. The Hall–Kier alpha value is -1.36. The predicted octanol–water partition coefficient (Wildman–Crippen LogP) is 2.98. The molecule has 0 spiro atoms. The van der Waals surface area contributed by atoms with Crippen LogP contribution in [0.1, 0.15) is 12.8 Å².